The van der Waals surface area contributed by atoms with E-state index in [0.29, 0.717) is 17.6 Å². The summed E-state index contributed by atoms with van der Waals surface area (Å²) >= 11 is 0. The fourth-order valence-corrected chi connectivity index (χ4v) is 2.99. The van der Waals surface area contributed by atoms with Gasteiger partial charge in [0.2, 0.25) is 0 Å². The summed E-state index contributed by atoms with van der Waals surface area (Å²) in [5.74, 6) is 1.54. The zero-order chi connectivity index (χ0) is 11.8. The maximum absolute atomic E-state index is 9.33. The van der Waals surface area contributed by atoms with Gasteiger partial charge in [0.15, 0.2) is 0 Å². The summed E-state index contributed by atoms with van der Waals surface area (Å²) < 4.78 is 6.02. The zero-order valence-electron chi connectivity index (χ0n) is 10.1. The lowest BCUT2D eigenvalue weighted by Crippen LogP contribution is -2.32. The molecule has 0 spiro atoms. The van der Waals surface area contributed by atoms with Crippen LogP contribution < -0.4 is 0 Å². The van der Waals surface area contributed by atoms with E-state index in [1.165, 1.54) is 24.0 Å². The van der Waals surface area contributed by atoms with Crippen LogP contribution in [0.15, 0.2) is 35.9 Å². The van der Waals surface area contributed by atoms with Gasteiger partial charge in [-0.2, -0.15) is 0 Å². The molecule has 1 fully saturated rings. The molecular formula is C15H18O2. The van der Waals surface area contributed by atoms with Gasteiger partial charge in [0.25, 0.3) is 0 Å². The Bertz CT molecular complexity index is 433. The Labute approximate surface area is 102 Å². The first-order valence-electron chi connectivity index (χ1n) is 6.31. The van der Waals surface area contributed by atoms with Gasteiger partial charge in [0.05, 0.1) is 12.7 Å². The van der Waals surface area contributed by atoms with Crippen LogP contribution in [0, 0.1) is 11.8 Å². The molecule has 2 aliphatic rings. The van der Waals surface area contributed by atoms with E-state index >= 15 is 0 Å². The van der Waals surface area contributed by atoms with E-state index < -0.39 is 0 Å². The van der Waals surface area contributed by atoms with Crippen molar-refractivity contribution in [3.63, 3.8) is 0 Å². The van der Waals surface area contributed by atoms with Crippen LogP contribution in [0.2, 0.25) is 0 Å². The second kappa shape index (κ2) is 4.19. The molecule has 2 nitrogen and oxygen atoms in total. The molecule has 1 aromatic rings. The smallest absolute Gasteiger partial charge is 0.115 e. The van der Waals surface area contributed by atoms with Crippen molar-refractivity contribution in [2.24, 2.45) is 11.8 Å². The summed E-state index contributed by atoms with van der Waals surface area (Å²) in [5, 5.41) is 9.33. The van der Waals surface area contributed by atoms with Crippen molar-refractivity contribution in [1.29, 1.82) is 0 Å². The average molecular weight is 230 g/mol. The summed E-state index contributed by atoms with van der Waals surface area (Å²) in [6, 6.07) is 7.43. The third-order valence-corrected chi connectivity index (χ3v) is 4.04. The van der Waals surface area contributed by atoms with Gasteiger partial charge in [-0.15, -0.1) is 0 Å². The first-order valence-corrected chi connectivity index (χ1v) is 6.31. The van der Waals surface area contributed by atoms with Crippen LogP contribution in [0.4, 0.5) is 0 Å². The molecule has 2 bridgehead atoms. The van der Waals surface area contributed by atoms with Gasteiger partial charge >= 0.3 is 0 Å². The molecule has 3 atom stereocenters. The predicted octanol–water partition coefficient (Wildman–Crippen LogP) is 3.44. The molecule has 0 saturated carbocycles. The van der Waals surface area contributed by atoms with Gasteiger partial charge in [0.1, 0.15) is 5.75 Å². The van der Waals surface area contributed by atoms with Crippen molar-refractivity contribution in [1.82, 2.24) is 0 Å². The van der Waals surface area contributed by atoms with Crippen molar-refractivity contribution < 1.29 is 9.84 Å². The Morgan fingerprint density at radius 1 is 1.24 bits per heavy atom. The predicted molar refractivity (Wildman–Crippen MR) is 66.8 cm³/mol. The molecule has 2 heteroatoms. The van der Waals surface area contributed by atoms with Crippen LogP contribution in [0.5, 0.6) is 5.75 Å². The van der Waals surface area contributed by atoms with Crippen LogP contribution in [-0.2, 0) is 4.74 Å². The third-order valence-electron chi connectivity index (χ3n) is 4.04. The minimum Gasteiger partial charge on any atom is -0.508 e. The number of ether oxygens (including phenoxy) is 1. The number of fused-ring (bicyclic) bond motifs is 2. The molecule has 3 rings (SSSR count). The summed E-state index contributed by atoms with van der Waals surface area (Å²) in [6.07, 6.45) is 4.95. The second-order valence-corrected chi connectivity index (χ2v) is 5.24. The Balaban J connectivity index is 1.90. The summed E-state index contributed by atoms with van der Waals surface area (Å²) in [4.78, 5) is 0. The number of allylic oxidation sites excluding steroid dienone is 1. The lowest BCUT2D eigenvalue weighted by Gasteiger charge is -2.40. The van der Waals surface area contributed by atoms with Crippen molar-refractivity contribution in [3.05, 3.63) is 41.5 Å². The van der Waals surface area contributed by atoms with E-state index in [-0.39, 0.29) is 6.10 Å². The summed E-state index contributed by atoms with van der Waals surface area (Å²) in [5.41, 5.74) is 2.64. The molecule has 1 aliphatic carbocycles. The largest absolute Gasteiger partial charge is 0.508 e. The van der Waals surface area contributed by atoms with Crippen molar-refractivity contribution in [2.75, 3.05) is 6.61 Å². The topological polar surface area (TPSA) is 29.5 Å². The van der Waals surface area contributed by atoms with Crippen LogP contribution in [-0.4, -0.2) is 11.7 Å². The quantitative estimate of drug-likeness (QED) is 0.749. The molecule has 0 unspecified atom stereocenters. The van der Waals surface area contributed by atoms with E-state index in [2.05, 4.69) is 13.0 Å². The number of aromatic hydroxyl groups is 1. The van der Waals surface area contributed by atoms with E-state index in [1.807, 2.05) is 12.1 Å². The van der Waals surface area contributed by atoms with Gasteiger partial charge in [-0.1, -0.05) is 23.8 Å². The maximum Gasteiger partial charge on any atom is 0.115 e. The fourth-order valence-electron chi connectivity index (χ4n) is 2.99. The standard InChI is InChI=1S/C15H18O2/c1-10-2-3-11-8-14(10)15(17-9-11)12-4-6-13(16)7-5-12/h2,4-7,11,14-16H,3,8-9H2,1H3/t11-,14-,15-/m0/s1. The number of hydrogen-bond acceptors (Lipinski definition) is 2. The van der Waals surface area contributed by atoms with Crippen LogP contribution in [0.3, 0.4) is 0 Å². The Morgan fingerprint density at radius 2 is 2.00 bits per heavy atom. The number of hydrogen-bond donors (Lipinski definition) is 1. The highest BCUT2D eigenvalue weighted by Crippen LogP contribution is 2.44. The minimum atomic E-state index is 0.170. The lowest BCUT2D eigenvalue weighted by atomic mass is 9.75. The van der Waals surface area contributed by atoms with Crippen LogP contribution >= 0.6 is 0 Å². The van der Waals surface area contributed by atoms with E-state index in [1.54, 1.807) is 12.1 Å². The van der Waals surface area contributed by atoms with Crippen molar-refractivity contribution >= 4 is 0 Å². The highest BCUT2D eigenvalue weighted by Gasteiger charge is 2.35. The number of phenols is 1. The number of phenolic OH excluding ortho intramolecular Hbond substituents is 1. The van der Waals surface area contributed by atoms with Gasteiger partial charge in [-0.05, 0) is 43.4 Å². The summed E-state index contributed by atoms with van der Waals surface area (Å²) in [7, 11) is 0. The van der Waals surface area contributed by atoms with E-state index in [9.17, 15) is 5.11 Å². The first-order chi connectivity index (χ1) is 8.24. The van der Waals surface area contributed by atoms with Gasteiger partial charge in [-0.25, -0.2) is 0 Å². The highest BCUT2D eigenvalue weighted by atomic mass is 16.5. The SMILES string of the molecule is CC1=CC[C@@H]2CO[C@@H](c3ccc(O)cc3)[C@H]1C2. The van der Waals surface area contributed by atoms with E-state index in [4.69, 9.17) is 4.74 Å². The van der Waals surface area contributed by atoms with Crippen molar-refractivity contribution in [2.45, 2.75) is 25.9 Å². The Kier molecular flexibility index (Phi) is 2.67. The number of benzene rings is 1. The first kappa shape index (κ1) is 10.8. The molecule has 0 amide bonds. The lowest BCUT2D eigenvalue weighted by molar-refractivity contribution is -0.0512. The van der Waals surface area contributed by atoms with Gasteiger partial charge in [0, 0.05) is 5.92 Å². The van der Waals surface area contributed by atoms with E-state index in [0.717, 1.165) is 6.61 Å². The fraction of sp³-hybridized carbons (Fsp3) is 0.467. The normalized spacial score (nSPS) is 32.1. The van der Waals surface area contributed by atoms with Crippen molar-refractivity contribution in [3.8, 4) is 5.75 Å². The molecule has 1 aromatic carbocycles. The van der Waals surface area contributed by atoms with Gasteiger partial charge < -0.3 is 9.84 Å². The number of rotatable bonds is 1. The summed E-state index contributed by atoms with van der Waals surface area (Å²) in [6.45, 7) is 3.08. The molecule has 1 N–H and O–H groups in total. The maximum atomic E-state index is 9.33. The van der Waals surface area contributed by atoms with Crippen LogP contribution in [0.1, 0.15) is 31.4 Å². The second-order valence-electron chi connectivity index (χ2n) is 5.24. The average Bonchev–Trinajstić information content (AvgIpc) is 2.36. The molecule has 1 saturated heterocycles. The minimum absolute atomic E-state index is 0.170. The van der Waals surface area contributed by atoms with Gasteiger partial charge in [-0.3, -0.25) is 0 Å². The molecule has 0 radical (unpaired) electrons. The third kappa shape index (κ3) is 1.98. The zero-order valence-corrected chi connectivity index (χ0v) is 10.1. The Morgan fingerprint density at radius 3 is 2.76 bits per heavy atom. The molecule has 0 aromatic heterocycles. The molecule has 17 heavy (non-hydrogen) atoms. The van der Waals surface area contributed by atoms with Crippen LogP contribution in [0.25, 0.3) is 0 Å². The monoisotopic (exact) mass is 230 g/mol. The molecule has 1 heterocycles. The molecular weight excluding hydrogens is 212 g/mol. The molecule has 1 aliphatic heterocycles. The highest BCUT2D eigenvalue weighted by molar-refractivity contribution is 5.30. The molecule has 90 valence electrons. The Hall–Kier alpha value is -1.28.